The molecule has 0 radical (unpaired) electrons. The normalized spacial score (nSPS) is 15.0. The van der Waals surface area contributed by atoms with E-state index in [0.717, 1.165) is 11.1 Å². The molecule has 208 valence electrons. The molecule has 0 spiro atoms. The Bertz CT molecular complexity index is 1020. The fourth-order valence-electron chi connectivity index (χ4n) is 2.32. The van der Waals surface area contributed by atoms with E-state index in [1.165, 1.54) is 0 Å². The summed E-state index contributed by atoms with van der Waals surface area (Å²) < 4.78 is 20.8. The zero-order chi connectivity index (χ0) is 28.6. The van der Waals surface area contributed by atoms with Gasteiger partial charge in [-0.05, 0) is 45.9 Å². The van der Waals surface area contributed by atoms with Gasteiger partial charge in [-0.25, -0.2) is 19.2 Å². The summed E-state index contributed by atoms with van der Waals surface area (Å²) in [5, 5.41) is 17.2. The van der Waals surface area contributed by atoms with Gasteiger partial charge in [0.05, 0.1) is 26.4 Å². The van der Waals surface area contributed by atoms with Crippen LogP contribution >= 0.6 is 46.4 Å². The van der Waals surface area contributed by atoms with E-state index in [4.69, 9.17) is 54.5 Å². The first-order valence-electron chi connectivity index (χ1n) is 10.4. The average molecular weight is 616 g/mol. The van der Waals surface area contributed by atoms with Crippen molar-refractivity contribution in [3.63, 3.8) is 0 Å². The molecule has 0 amide bonds. The number of aliphatic hydroxyl groups excluding tert-OH is 1. The van der Waals surface area contributed by atoms with E-state index in [-0.39, 0.29) is 13.2 Å². The zero-order valence-corrected chi connectivity index (χ0v) is 22.4. The second kappa shape index (κ2) is 17.8. The number of carboxylic acid groups (broad SMARTS) is 1. The van der Waals surface area contributed by atoms with Gasteiger partial charge in [-0.15, -0.1) is 0 Å². The van der Waals surface area contributed by atoms with Crippen LogP contribution in [0.2, 0.25) is 0 Å². The van der Waals surface area contributed by atoms with E-state index in [2.05, 4.69) is 25.8 Å². The lowest BCUT2D eigenvalue weighted by Crippen LogP contribution is -2.25. The lowest BCUT2D eigenvalue weighted by atomic mass is 10.2. The van der Waals surface area contributed by atoms with Crippen LogP contribution in [-0.4, -0.2) is 63.1 Å². The van der Waals surface area contributed by atoms with Crippen molar-refractivity contribution in [3.05, 3.63) is 71.8 Å². The van der Waals surface area contributed by atoms with E-state index < -0.39 is 39.7 Å². The van der Waals surface area contributed by atoms with Gasteiger partial charge in [0, 0.05) is 11.6 Å². The number of rotatable bonds is 9. The van der Waals surface area contributed by atoms with Crippen LogP contribution in [0.1, 0.15) is 11.1 Å². The van der Waals surface area contributed by atoms with Crippen molar-refractivity contribution in [1.82, 2.24) is 0 Å². The number of aliphatic hydroxyl groups is 1. The van der Waals surface area contributed by atoms with Crippen molar-refractivity contribution < 1.29 is 53.1 Å². The maximum absolute atomic E-state index is 11.0. The molecule has 1 heterocycles. The molecule has 1 fully saturated rings. The number of benzene rings is 2. The SMILES string of the molecule is O=C(Cl)OC(Cl)(Cl)Cl.O=C(O)C(O)COCc1ccccc1.O=C1OC(=O)C(COCc2ccccc2)O1. The molecule has 11 nitrogen and oxygen atoms in total. The predicted octanol–water partition coefficient (Wildman–Crippen LogP) is 4.60. The summed E-state index contributed by atoms with van der Waals surface area (Å²) in [6.07, 6.45) is -3.34. The third kappa shape index (κ3) is 16.3. The number of carbonyl (C=O) groups excluding carboxylic acids is 3. The summed E-state index contributed by atoms with van der Waals surface area (Å²) in [7, 11) is 0. The van der Waals surface area contributed by atoms with Crippen LogP contribution in [0.15, 0.2) is 60.7 Å². The van der Waals surface area contributed by atoms with Gasteiger partial charge in [-0.2, -0.15) is 0 Å². The van der Waals surface area contributed by atoms with E-state index >= 15 is 0 Å². The van der Waals surface area contributed by atoms with Crippen molar-refractivity contribution in [2.24, 2.45) is 0 Å². The molecule has 0 saturated carbocycles. The fraction of sp³-hybridized carbons (Fsp3) is 0.304. The van der Waals surface area contributed by atoms with Crippen molar-refractivity contribution >= 4 is 69.9 Å². The maximum Gasteiger partial charge on any atom is 0.517 e. The third-order valence-electron chi connectivity index (χ3n) is 3.93. The van der Waals surface area contributed by atoms with Gasteiger partial charge in [0.2, 0.25) is 6.10 Å². The number of carboxylic acids is 1. The second-order valence-electron chi connectivity index (χ2n) is 6.92. The molecular formula is C23H22Cl4O11. The highest BCUT2D eigenvalue weighted by atomic mass is 35.6. The number of ether oxygens (including phenoxy) is 5. The first-order valence-corrected chi connectivity index (χ1v) is 11.9. The highest BCUT2D eigenvalue weighted by molar-refractivity contribution is 6.69. The van der Waals surface area contributed by atoms with Gasteiger partial charge >= 0.3 is 27.5 Å². The molecule has 1 aliphatic rings. The molecule has 0 bridgehead atoms. The number of esters is 1. The largest absolute Gasteiger partial charge is 0.517 e. The predicted molar refractivity (Wildman–Crippen MR) is 135 cm³/mol. The molecule has 0 aliphatic carbocycles. The molecule has 2 aromatic rings. The Hall–Kier alpha value is -2.64. The number of cyclic esters (lactones) is 3. The summed E-state index contributed by atoms with van der Waals surface area (Å²) in [5.74, 6) is -1.96. The molecular weight excluding hydrogens is 594 g/mol. The van der Waals surface area contributed by atoms with Crippen LogP contribution in [0.5, 0.6) is 0 Å². The number of hydrogen-bond acceptors (Lipinski definition) is 10. The first-order chi connectivity index (χ1) is 17.9. The lowest BCUT2D eigenvalue weighted by molar-refractivity contribution is -0.150. The second-order valence-corrected chi connectivity index (χ2v) is 9.40. The number of aliphatic carboxylic acids is 1. The number of hydrogen-bond donors (Lipinski definition) is 2. The summed E-state index contributed by atoms with van der Waals surface area (Å²) >= 11 is 19.4. The number of carbonyl (C=O) groups is 4. The summed E-state index contributed by atoms with van der Waals surface area (Å²) in [6, 6.07) is 18.8. The minimum absolute atomic E-state index is 0.0134. The third-order valence-corrected chi connectivity index (χ3v) is 4.24. The smallest absolute Gasteiger partial charge is 0.479 e. The lowest BCUT2D eigenvalue weighted by Gasteiger charge is -2.06. The summed E-state index contributed by atoms with van der Waals surface area (Å²) in [4.78, 5) is 41.5. The topological polar surface area (TPSA) is 155 Å². The van der Waals surface area contributed by atoms with Gasteiger partial charge in [-0.3, -0.25) is 0 Å². The Morgan fingerprint density at radius 2 is 1.42 bits per heavy atom. The van der Waals surface area contributed by atoms with E-state index in [1.54, 1.807) is 0 Å². The molecule has 2 aromatic carbocycles. The van der Waals surface area contributed by atoms with E-state index in [0.29, 0.717) is 13.2 Å². The first kappa shape index (κ1) is 33.4. The van der Waals surface area contributed by atoms with Crippen LogP contribution in [0.25, 0.3) is 0 Å². The fourth-order valence-corrected chi connectivity index (χ4v) is 2.77. The van der Waals surface area contributed by atoms with Gasteiger partial charge in [0.1, 0.15) is 0 Å². The standard InChI is InChI=1S/C11H10O5.C10H12O4.C2Cl4O2/c12-10-9(15-11(13)16-10)7-14-6-8-4-2-1-3-5-8;11-9(10(12)13)7-14-6-8-4-2-1-3-5-8;3-1(7)8-2(4,5)6/h1-5,9H,6-7H2;1-5,9,11H,6-7H2,(H,12,13);. The van der Waals surface area contributed by atoms with Crippen molar-refractivity contribution in [2.45, 2.75) is 29.4 Å². The molecule has 38 heavy (non-hydrogen) atoms. The van der Waals surface area contributed by atoms with Crippen LogP contribution < -0.4 is 0 Å². The van der Waals surface area contributed by atoms with Crippen molar-refractivity contribution in [2.75, 3.05) is 13.2 Å². The molecule has 0 aromatic heterocycles. The number of halogens is 4. The van der Waals surface area contributed by atoms with Crippen LogP contribution in [0, 0.1) is 0 Å². The average Bonchev–Trinajstić information content (AvgIpc) is 3.16. The Balaban J connectivity index is 0.000000302. The monoisotopic (exact) mass is 614 g/mol. The molecule has 1 aliphatic heterocycles. The molecule has 1 saturated heterocycles. The molecule has 2 N–H and O–H groups in total. The maximum atomic E-state index is 11.0. The van der Waals surface area contributed by atoms with Crippen LogP contribution in [-0.2, 0) is 46.5 Å². The Kier molecular flexibility index (Phi) is 15.6. The van der Waals surface area contributed by atoms with Gasteiger partial charge < -0.3 is 33.9 Å². The molecule has 15 heteroatoms. The minimum Gasteiger partial charge on any atom is -0.479 e. The summed E-state index contributed by atoms with van der Waals surface area (Å²) in [6.45, 7) is 0.497. The number of alkyl halides is 3. The van der Waals surface area contributed by atoms with Gasteiger partial charge in [0.15, 0.2) is 6.10 Å². The van der Waals surface area contributed by atoms with Crippen LogP contribution in [0.4, 0.5) is 9.59 Å². The molecule has 2 unspecified atom stereocenters. The van der Waals surface area contributed by atoms with Crippen LogP contribution in [0.3, 0.4) is 0 Å². The minimum atomic E-state index is -2.04. The zero-order valence-electron chi connectivity index (χ0n) is 19.3. The highest BCUT2D eigenvalue weighted by Gasteiger charge is 2.35. The quantitative estimate of drug-likeness (QED) is 0.176. The van der Waals surface area contributed by atoms with Crippen molar-refractivity contribution in [1.29, 1.82) is 0 Å². The van der Waals surface area contributed by atoms with E-state index in [1.807, 2.05) is 60.7 Å². The van der Waals surface area contributed by atoms with E-state index in [9.17, 15) is 19.2 Å². The Morgan fingerprint density at radius 3 is 1.79 bits per heavy atom. The van der Waals surface area contributed by atoms with Gasteiger partial charge in [0.25, 0.3) is 0 Å². The Labute approximate surface area is 237 Å². The van der Waals surface area contributed by atoms with Crippen molar-refractivity contribution in [3.8, 4) is 0 Å². The Morgan fingerprint density at radius 1 is 0.921 bits per heavy atom. The summed E-state index contributed by atoms with van der Waals surface area (Å²) in [5.41, 5.74) is 0.787. The molecule has 2 atom stereocenters. The highest BCUT2D eigenvalue weighted by Crippen LogP contribution is 2.27. The molecule has 3 rings (SSSR count). The van der Waals surface area contributed by atoms with Gasteiger partial charge in [-0.1, -0.05) is 60.7 Å².